The lowest BCUT2D eigenvalue weighted by molar-refractivity contribution is -0.127. The van der Waals surface area contributed by atoms with Crippen LogP contribution in [0.1, 0.15) is 29.2 Å². The highest BCUT2D eigenvalue weighted by molar-refractivity contribution is 6.16. The molecule has 0 saturated carbocycles. The first-order chi connectivity index (χ1) is 15.4. The predicted molar refractivity (Wildman–Crippen MR) is 131 cm³/mol. The van der Waals surface area contributed by atoms with E-state index in [9.17, 15) is 9.59 Å². The number of anilines is 2. The van der Waals surface area contributed by atoms with Crippen LogP contribution >= 0.6 is 0 Å². The maximum Gasteiger partial charge on any atom is 0.254 e. The molecule has 1 aliphatic heterocycles. The normalized spacial score (nSPS) is 17.1. The minimum atomic E-state index is -0.710. The molecule has 32 heavy (non-hydrogen) atoms. The Balaban J connectivity index is 1.83. The summed E-state index contributed by atoms with van der Waals surface area (Å²) in [6.07, 6.45) is 1.99. The summed E-state index contributed by atoms with van der Waals surface area (Å²) in [5, 5.41) is 0. The fourth-order valence-electron chi connectivity index (χ4n) is 4.40. The highest BCUT2D eigenvalue weighted by Crippen LogP contribution is 2.33. The predicted octanol–water partition coefficient (Wildman–Crippen LogP) is 5.46. The van der Waals surface area contributed by atoms with Gasteiger partial charge in [-0.2, -0.15) is 0 Å². The molecule has 3 aromatic rings. The van der Waals surface area contributed by atoms with E-state index in [4.69, 9.17) is 0 Å². The van der Waals surface area contributed by atoms with Crippen molar-refractivity contribution in [1.29, 1.82) is 0 Å². The van der Waals surface area contributed by atoms with Crippen LogP contribution in [0.5, 0.6) is 0 Å². The van der Waals surface area contributed by atoms with Crippen molar-refractivity contribution < 1.29 is 9.59 Å². The number of aryl methyl sites for hydroxylation is 3. The summed E-state index contributed by atoms with van der Waals surface area (Å²) >= 11 is 0. The van der Waals surface area contributed by atoms with E-state index >= 15 is 0 Å². The van der Waals surface area contributed by atoms with Crippen LogP contribution < -0.4 is 9.80 Å². The van der Waals surface area contributed by atoms with Gasteiger partial charge >= 0.3 is 0 Å². The Bertz CT molecular complexity index is 1160. The van der Waals surface area contributed by atoms with Crippen molar-refractivity contribution in [2.45, 2.75) is 33.7 Å². The SMILES string of the molecule is C/C(=C\c1ccccc1)C1C(=O)N(c2c(C)cccc2C)CC(=O)N1c1ccc(C)cc1. The number of carbonyl (C=O) groups is 2. The molecule has 2 amide bonds. The van der Waals surface area contributed by atoms with Gasteiger partial charge in [0.2, 0.25) is 5.91 Å². The molecule has 1 aliphatic rings. The van der Waals surface area contributed by atoms with Gasteiger partial charge in [-0.25, -0.2) is 0 Å². The molecule has 4 nitrogen and oxygen atoms in total. The number of rotatable bonds is 4. The van der Waals surface area contributed by atoms with Gasteiger partial charge in [-0.15, -0.1) is 0 Å². The number of benzene rings is 3. The fraction of sp³-hybridized carbons (Fsp3) is 0.214. The summed E-state index contributed by atoms with van der Waals surface area (Å²) in [7, 11) is 0. The van der Waals surface area contributed by atoms with Crippen molar-refractivity contribution in [3.05, 3.63) is 101 Å². The van der Waals surface area contributed by atoms with Gasteiger partial charge in [0, 0.05) is 5.69 Å². The number of para-hydroxylation sites is 1. The molecule has 0 N–H and O–H groups in total. The average molecular weight is 425 g/mol. The van der Waals surface area contributed by atoms with Crippen LogP contribution in [0.15, 0.2) is 78.4 Å². The van der Waals surface area contributed by atoms with E-state index in [1.807, 2.05) is 107 Å². The van der Waals surface area contributed by atoms with Crippen molar-refractivity contribution in [2.24, 2.45) is 0 Å². The smallest absolute Gasteiger partial charge is 0.254 e. The summed E-state index contributed by atoms with van der Waals surface area (Å²) in [6.45, 7) is 7.92. The average Bonchev–Trinajstić information content (AvgIpc) is 2.77. The maximum absolute atomic E-state index is 13.9. The van der Waals surface area contributed by atoms with E-state index in [0.717, 1.165) is 39.2 Å². The van der Waals surface area contributed by atoms with Crippen LogP contribution in [0.25, 0.3) is 6.08 Å². The molecule has 1 atom stereocenters. The zero-order chi connectivity index (χ0) is 22.8. The van der Waals surface area contributed by atoms with Crippen LogP contribution in [-0.2, 0) is 9.59 Å². The lowest BCUT2D eigenvalue weighted by Crippen LogP contribution is -2.61. The molecule has 0 aromatic heterocycles. The molecule has 1 saturated heterocycles. The third-order valence-electron chi connectivity index (χ3n) is 5.97. The lowest BCUT2D eigenvalue weighted by atomic mass is 9.97. The van der Waals surface area contributed by atoms with E-state index < -0.39 is 6.04 Å². The largest absolute Gasteiger partial charge is 0.300 e. The van der Waals surface area contributed by atoms with Crippen molar-refractivity contribution >= 4 is 29.3 Å². The minimum Gasteiger partial charge on any atom is -0.300 e. The monoisotopic (exact) mass is 424 g/mol. The molecular weight excluding hydrogens is 396 g/mol. The molecular formula is C28H28N2O2. The van der Waals surface area contributed by atoms with Crippen LogP contribution in [0, 0.1) is 20.8 Å². The molecule has 1 unspecified atom stereocenters. The summed E-state index contributed by atoms with van der Waals surface area (Å²) < 4.78 is 0. The zero-order valence-corrected chi connectivity index (χ0v) is 19.0. The second kappa shape index (κ2) is 8.83. The summed E-state index contributed by atoms with van der Waals surface area (Å²) in [6, 6.07) is 22.9. The minimum absolute atomic E-state index is 0.0213. The Morgan fingerprint density at radius 2 is 1.47 bits per heavy atom. The molecule has 1 heterocycles. The zero-order valence-electron chi connectivity index (χ0n) is 19.0. The van der Waals surface area contributed by atoms with Crippen LogP contribution in [0.2, 0.25) is 0 Å². The molecule has 0 aliphatic carbocycles. The summed E-state index contributed by atoms with van der Waals surface area (Å²) in [5.41, 5.74) is 6.46. The molecule has 1 fully saturated rings. The Kier molecular flexibility index (Phi) is 5.95. The Hall–Kier alpha value is -3.66. The van der Waals surface area contributed by atoms with Gasteiger partial charge in [-0.1, -0.05) is 72.3 Å². The van der Waals surface area contributed by atoms with Gasteiger partial charge in [0.05, 0.1) is 5.69 Å². The molecule has 0 bridgehead atoms. The van der Waals surface area contributed by atoms with E-state index in [-0.39, 0.29) is 18.4 Å². The Morgan fingerprint density at radius 3 is 2.09 bits per heavy atom. The quantitative estimate of drug-likeness (QED) is 0.558. The summed E-state index contributed by atoms with van der Waals surface area (Å²) in [5.74, 6) is -0.186. The first-order valence-electron chi connectivity index (χ1n) is 10.9. The number of nitrogens with zero attached hydrogens (tertiary/aromatic N) is 2. The van der Waals surface area contributed by atoms with E-state index in [2.05, 4.69) is 0 Å². The van der Waals surface area contributed by atoms with E-state index in [1.165, 1.54) is 0 Å². The highest BCUT2D eigenvalue weighted by Gasteiger charge is 2.42. The highest BCUT2D eigenvalue weighted by atomic mass is 16.2. The fourth-order valence-corrected chi connectivity index (χ4v) is 4.40. The summed E-state index contributed by atoms with van der Waals surface area (Å²) in [4.78, 5) is 30.8. The molecule has 4 heteroatoms. The van der Waals surface area contributed by atoms with Crippen LogP contribution in [0.4, 0.5) is 11.4 Å². The van der Waals surface area contributed by atoms with E-state index in [1.54, 1.807) is 9.80 Å². The van der Waals surface area contributed by atoms with Crippen molar-refractivity contribution in [3.8, 4) is 0 Å². The van der Waals surface area contributed by atoms with Crippen molar-refractivity contribution in [2.75, 3.05) is 16.3 Å². The van der Waals surface area contributed by atoms with Crippen LogP contribution in [-0.4, -0.2) is 24.4 Å². The van der Waals surface area contributed by atoms with Gasteiger partial charge in [0.15, 0.2) is 0 Å². The number of carbonyl (C=O) groups excluding carboxylic acids is 2. The number of hydrogen-bond acceptors (Lipinski definition) is 2. The van der Waals surface area contributed by atoms with Gasteiger partial charge in [-0.3, -0.25) is 14.5 Å². The van der Waals surface area contributed by atoms with Gasteiger partial charge < -0.3 is 4.90 Å². The Morgan fingerprint density at radius 1 is 0.844 bits per heavy atom. The number of hydrogen-bond donors (Lipinski definition) is 0. The first-order valence-corrected chi connectivity index (χ1v) is 10.9. The maximum atomic E-state index is 13.9. The second-order valence-electron chi connectivity index (χ2n) is 8.47. The molecule has 0 spiro atoms. The van der Waals surface area contributed by atoms with Crippen molar-refractivity contribution in [3.63, 3.8) is 0 Å². The molecule has 3 aromatic carbocycles. The first kappa shape index (κ1) is 21.6. The van der Waals surface area contributed by atoms with Gasteiger partial charge in [0.1, 0.15) is 12.6 Å². The lowest BCUT2D eigenvalue weighted by Gasteiger charge is -2.41. The van der Waals surface area contributed by atoms with Gasteiger partial charge in [0.25, 0.3) is 5.91 Å². The third kappa shape index (κ3) is 4.09. The van der Waals surface area contributed by atoms with Crippen LogP contribution in [0.3, 0.4) is 0 Å². The number of piperazine rings is 1. The van der Waals surface area contributed by atoms with Crippen molar-refractivity contribution in [1.82, 2.24) is 0 Å². The standard InChI is InChI=1S/C28H28N2O2/c1-19-13-15-24(16-14-19)30-25(31)18-29(26-20(2)9-8-10-21(26)3)28(32)27(30)22(4)17-23-11-6-5-7-12-23/h5-17,27H,18H2,1-4H3/b22-17+. The molecule has 4 rings (SSSR count). The molecule has 162 valence electrons. The third-order valence-corrected chi connectivity index (χ3v) is 5.97. The van der Waals surface area contributed by atoms with Gasteiger partial charge in [-0.05, 0) is 62.1 Å². The Labute approximate surface area is 189 Å². The second-order valence-corrected chi connectivity index (χ2v) is 8.47. The number of amides is 2. The molecule has 0 radical (unpaired) electrons. The topological polar surface area (TPSA) is 40.6 Å². The van der Waals surface area contributed by atoms with E-state index in [0.29, 0.717) is 0 Å².